The molecule has 19 heavy (non-hydrogen) atoms. The third kappa shape index (κ3) is 3.69. The van der Waals surface area contributed by atoms with Gasteiger partial charge in [0.15, 0.2) is 0 Å². The van der Waals surface area contributed by atoms with Crippen molar-refractivity contribution in [3.05, 3.63) is 29.8 Å². The lowest BCUT2D eigenvalue weighted by atomic mass is 10.0. The summed E-state index contributed by atoms with van der Waals surface area (Å²) in [4.78, 5) is 2.45. The Morgan fingerprint density at radius 1 is 1.47 bits per heavy atom. The maximum Gasteiger partial charge on any atom is 0.122 e. The molecule has 1 fully saturated rings. The molecule has 2 unspecified atom stereocenters. The van der Waals surface area contributed by atoms with E-state index < -0.39 is 0 Å². The highest BCUT2D eigenvalue weighted by atomic mass is 16.5. The number of rotatable bonds is 5. The quantitative estimate of drug-likeness (QED) is 0.870. The molecule has 0 aliphatic carbocycles. The summed E-state index contributed by atoms with van der Waals surface area (Å²) in [7, 11) is 1.72. The van der Waals surface area contributed by atoms with Gasteiger partial charge in [-0.15, -0.1) is 0 Å². The zero-order valence-electron chi connectivity index (χ0n) is 11.8. The van der Waals surface area contributed by atoms with E-state index in [0.29, 0.717) is 12.6 Å². The van der Waals surface area contributed by atoms with Gasteiger partial charge in [-0.25, -0.2) is 0 Å². The molecular weight excluding hydrogens is 240 g/mol. The predicted molar refractivity (Wildman–Crippen MR) is 76.5 cm³/mol. The third-order valence-corrected chi connectivity index (χ3v) is 3.76. The van der Waals surface area contributed by atoms with Gasteiger partial charge in [0.05, 0.1) is 19.8 Å². The number of ether oxygens (including phenoxy) is 2. The van der Waals surface area contributed by atoms with Crippen LogP contribution in [0.15, 0.2) is 24.3 Å². The Bertz CT molecular complexity index is 397. The van der Waals surface area contributed by atoms with E-state index >= 15 is 0 Å². The minimum Gasteiger partial charge on any atom is -0.496 e. The van der Waals surface area contributed by atoms with Crippen LogP contribution >= 0.6 is 0 Å². The van der Waals surface area contributed by atoms with E-state index in [0.717, 1.165) is 31.9 Å². The average molecular weight is 264 g/mol. The number of nitrogens with two attached hydrogens (primary N) is 1. The minimum absolute atomic E-state index is 0.175. The van der Waals surface area contributed by atoms with Crippen LogP contribution in [0.2, 0.25) is 0 Å². The first-order valence-corrected chi connectivity index (χ1v) is 6.92. The van der Waals surface area contributed by atoms with Crippen LogP contribution in [0.5, 0.6) is 5.75 Å². The lowest BCUT2D eigenvalue weighted by Gasteiger charge is -2.36. The van der Waals surface area contributed by atoms with Gasteiger partial charge in [-0.3, -0.25) is 4.90 Å². The molecule has 0 radical (unpaired) electrons. The topological polar surface area (TPSA) is 47.7 Å². The Kier molecular flexibility index (Phi) is 5.19. The third-order valence-electron chi connectivity index (χ3n) is 3.76. The molecule has 106 valence electrons. The second-order valence-corrected chi connectivity index (χ2v) is 5.09. The molecule has 0 aromatic heterocycles. The summed E-state index contributed by atoms with van der Waals surface area (Å²) in [6.45, 7) is 5.53. The highest BCUT2D eigenvalue weighted by Crippen LogP contribution is 2.21. The van der Waals surface area contributed by atoms with Gasteiger partial charge in [-0.2, -0.15) is 0 Å². The Hall–Kier alpha value is -1.10. The number of hydrogen-bond donors (Lipinski definition) is 1. The molecule has 0 bridgehead atoms. The van der Waals surface area contributed by atoms with E-state index in [-0.39, 0.29) is 6.10 Å². The molecule has 0 spiro atoms. The monoisotopic (exact) mass is 264 g/mol. The maximum atomic E-state index is 5.69. The SMILES string of the molecule is COc1ccccc1CC(C)N1CCOC(CN)C1. The molecule has 2 N–H and O–H groups in total. The van der Waals surface area contributed by atoms with Crippen LogP contribution in [0.4, 0.5) is 0 Å². The number of nitrogens with zero attached hydrogens (tertiary/aromatic N) is 1. The summed E-state index contributed by atoms with van der Waals surface area (Å²) < 4.78 is 11.0. The normalized spacial score (nSPS) is 22.2. The molecule has 0 amide bonds. The van der Waals surface area contributed by atoms with Crippen molar-refractivity contribution < 1.29 is 9.47 Å². The van der Waals surface area contributed by atoms with Crippen molar-refractivity contribution in [3.63, 3.8) is 0 Å². The summed E-state index contributed by atoms with van der Waals surface area (Å²) in [6.07, 6.45) is 1.16. The van der Waals surface area contributed by atoms with Crippen LogP contribution < -0.4 is 10.5 Å². The first-order chi connectivity index (χ1) is 9.24. The van der Waals surface area contributed by atoms with Gasteiger partial charge in [0.25, 0.3) is 0 Å². The highest BCUT2D eigenvalue weighted by molar-refractivity contribution is 5.33. The van der Waals surface area contributed by atoms with Crippen LogP contribution in [0.3, 0.4) is 0 Å². The maximum absolute atomic E-state index is 5.69. The summed E-state index contributed by atoms with van der Waals surface area (Å²) in [5, 5.41) is 0. The number of benzene rings is 1. The fourth-order valence-corrected chi connectivity index (χ4v) is 2.60. The molecule has 2 rings (SSSR count). The van der Waals surface area contributed by atoms with E-state index in [9.17, 15) is 0 Å². The fourth-order valence-electron chi connectivity index (χ4n) is 2.60. The van der Waals surface area contributed by atoms with Crippen LogP contribution in [-0.4, -0.2) is 50.4 Å². The molecule has 2 atom stereocenters. The number of para-hydroxylation sites is 1. The predicted octanol–water partition coefficient (Wildman–Crippen LogP) is 1.29. The van der Waals surface area contributed by atoms with Crippen molar-refractivity contribution in [2.45, 2.75) is 25.5 Å². The first kappa shape index (κ1) is 14.3. The first-order valence-electron chi connectivity index (χ1n) is 6.92. The lowest BCUT2D eigenvalue weighted by molar-refractivity contribution is -0.0358. The minimum atomic E-state index is 0.175. The van der Waals surface area contributed by atoms with Gasteiger partial charge in [0, 0.05) is 25.7 Å². The van der Waals surface area contributed by atoms with Crippen molar-refractivity contribution in [2.75, 3.05) is 33.4 Å². The van der Waals surface area contributed by atoms with E-state index in [2.05, 4.69) is 24.0 Å². The molecule has 1 saturated heterocycles. The highest BCUT2D eigenvalue weighted by Gasteiger charge is 2.23. The molecule has 1 aliphatic rings. The summed E-state index contributed by atoms with van der Waals surface area (Å²) in [6, 6.07) is 8.69. The van der Waals surface area contributed by atoms with E-state index in [1.807, 2.05) is 12.1 Å². The van der Waals surface area contributed by atoms with E-state index in [4.69, 9.17) is 15.2 Å². The molecule has 1 aliphatic heterocycles. The van der Waals surface area contributed by atoms with Gasteiger partial charge >= 0.3 is 0 Å². The van der Waals surface area contributed by atoms with E-state index in [1.165, 1.54) is 5.56 Å². The van der Waals surface area contributed by atoms with Crippen LogP contribution in [0.1, 0.15) is 12.5 Å². The Balaban J connectivity index is 1.98. The molecule has 1 heterocycles. The molecule has 4 heteroatoms. The zero-order valence-corrected chi connectivity index (χ0v) is 11.8. The van der Waals surface area contributed by atoms with Crippen molar-refractivity contribution in [1.29, 1.82) is 0 Å². The largest absolute Gasteiger partial charge is 0.496 e. The number of hydrogen-bond acceptors (Lipinski definition) is 4. The van der Waals surface area contributed by atoms with Crippen molar-refractivity contribution in [3.8, 4) is 5.75 Å². The van der Waals surface area contributed by atoms with Crippen molar-refractivity contribution in [1.82, 2.24) is 4.90 Å². The van der Waals surface area contributed by atoms with Gasteiger partial charge in [0.1, 0.15) is 5.75 Å². The van der Waals surface area contributed by atoms with Crippen molar-refractivity contribution in [2.24, 2.45) is 5.73 Å². The van der Waals surface area contributed by atoms with Crippen LogP contribution in [-0.2, 0) is 11.2 Å². The average Bonchev–Trinajstić information content (AvgIpc) is 2.47. The second-order valence-electron chi connectivity index (χ2n) is 5.09. The standard InChI is InChI=1S/C15H24N2O2/c1-12(17-7-8-19-14(10-16)11-17)9-13-5-3-4-6-15(13)18-2/h3-6,12,14H,7-11,16H2,1-2H3. The van der Waals surface area contributed by atoms with Gasteiger partial charge in [0.2, 0.25) is 0 Å². The Morgan fingerprint density at radius 2 is 2.26 bits per heavy atom. The summed E-state index contributed by atoms with van der Waals surface area (Å²) in [5.41, 5.74) is 6.95. The second kappa shape index (κ2) is 6.89. The molecule has 4 nitrogen and oxygen atoms in total. The molecule has 1 aromatic carbocycles. The number of methoxy groups -OCH3 is 1. The Morgan fingerprint density at radius 3 is 3.00 bits per heavy atom. The van der Waals surface area contributed by atoms with Gasteiger partial charge in [-0.1, -0.05) is 18.2 Å². The fraction of sp³-hybridized carbons (Fsp3) is 0.600. The van der Waals surface area contributed by atoms with E-state index in [1.54, 1.807) is 7.11 Å². The summed E-state index contributed by atoms with van der Waals surface area (Å²) in [5.74, 6) is 0.970. The van der Waals surface area contributed by atoms with Gasteiger partial charge < -0.3 is 15.2 Å². The number of morpholine rings is 1. The summed E-state index contributed by atoms with van der Waals surface area (Å²) >= 11 is 0. The lowest BCUT2D eigenvalue weighted by Crippen LogP contribution is -2.49. The Labute approximate surface area is 115 Å². The molecule has 0 saturated carbocycles. The van der Waals surface area contributed by atoms with Crippen LogP contribution in [0.25, 0.3) is 0 Å². The zero-order chi connectivity index (χ0) is 13.7. The smallest absolute Gasteiger partial charge is 0.122 e. The van der Waals surface area contributed by atoms with Crippen molar-refractivity contribution >= 4 is 0 Å². The molecular formula is C15H24N2O2. The molecule has 1 aromatic rings. The van der Waals surface area contributed by atoms with Gasteiger partial charge in [-0.05, 0) is 25.0 Å². The van der Waals surface area contributed by atoms with Crippen LogP contribution in [0, 0.1) is 0 Å².